The first-order chi connectivity index (χ1) is 15.0. The van der Waals surface area contributed by atoms with Crippen LogP contribution in [0.3, 0.4) is 0 Å². The number of nitrogens with one attached hydrogen (secondary N) is 3. The molecule has 3 rings (SSSR count). The molecule has 2 aromatic heterocycles. The molecule has 0 radical (unpaired) electrons. The van der Waals surface area contributed by atoms with Gasteiger partial charge < -0.3 is 24.6 Å². The van der Waals surface area contributed by atoms with Gasteiger partial charge in [0.2, 0.25) is 11.7 Å². The predicted molar refractivity (Wildman–Crippen MR) is 113 cm³/mol. The van der Waals surface area contributed by atoms with Crippen molar-refractivity contribution in [2.45, 2.75) is 13.8 Å². The van der Waals surface area contributed by atoms with Gasteiger partial charge in [-0.15, -0.1) is 0 Å². The van der Waals surface area contributed by atoms with E-state index in [1.807, 2.05) is 0 Å². The number of ether oxygens (including phenoxy) is 2. The van der Waals surface area contributed by atoms with Gasteiger partial charge in [0.1, 0.15) is 5.82 Å². The molecular formula is C20H22N6O5. The van der Waals surface area contributed by atoms with Crippen molar-refractivity contribution < 1.29 is 23.6 Å². The van der Waals surface area contributed by atoms with Crippen LogP contribution in [0.4, 0.5) is 22.0 Å². The molecule has 162 valence electrons. The maximum Gasteiger partial charge on any atom is 0.412 e. The standard InChI is InChI=1S/C20H22N6O5/c1-5-30-20(28)25-16-9-15(13(10-22-16)19(27)21-3)24-14-8-6-7-12(17(14)29-4)18-23-11(2)31-26-18/h6-10H,5H2,1-4H3,(H,21,27)(H2,22,24,25,28). The Balaban J connectivity index is 2.02. The minimum Gasteiger partial charge on any atom is -0.494 e. The van der Waals surface area contributed by atoms with Crippen molar-refractivity contribution in [1.29, 1.82) is 0 Å². The number of para-hydroxylation sites is 1. The topological polar surface area (TPSA) is 140 Å². The van der Waals surface area contributed by atoms with Crippen molar-refractivity contribution in [2.75, 3.05) is 31.4 Å². The van der Waals surface area contributed by atoms with Gasteiger partial charge in [-0.3, -0.25) is 10.1 Å². The van der Waals surface area contributed by atoms with E-state index >= 15 is 0 Å². The van der Waals surface area contributed by atoms with Crippen molar-refractivity contribution in [3.8, 4) is 17.1 Å². The van der Waals surface area contributed by atoms with Crippen molar-refractivity contribution in [3.05, 3.63) is 41.9 Å². The number of methoxy groups -OCH3 is 1. The van der Waals surface area contributed by atoms with Crippen LogP contribution in [0.2, 0.25) is 0 Å². The lowest BCUT2D eigenvalue weighted by Gasteiger charge is -2.16. The number of rotatable bonds is 7. The second-order valence-electron chi connectivity index (χ2n) is 6.19. The molecule has 0 bridgehead atoms. The van der Waals surface area contributed by atoms with E-state index < -0.39 is 6.09 Å². The summed E-state index contributed by atoms with van der Waals surface area (Å²) in [6.45, 7) is 3.60. The second kappa shape index (κ2) is 9.57. The largest absolute Gasteiger partial charge is 0.494 e. The molecule has 0 fully saturated rings. The van der Waals surface area contributed by atoms with E-state index in [4.69, 9.17) is 14.0 Å². The van der Waals surface area contributed by atoms with E-state index in [2.05, 4.69) is 31.1 Å². The zero-order chi connectivity index (χ0) is 22.4. The SMILES string of the molecule is CCOC(=O)Nc1cc(Nc2cccc(-c3noc(C)n3)c2OC)c(C(=O)NC)cn1. The molecule has 1 aromatic carbocycles. The third kappa shape index (κ3) is 4.89. The molecule has 0 saturated heterocycles. The number of benzene rings is 1. The van der Waals surface area contributed by atoms with Gasteiger partial charge in [-0.05, 0) is 19.1 Å². The number of hydrogen-bond donors (Lipinski definition) is 3. The number of nitrogens with zero attached hydrogens (tertiary/aromatic N) is 3. The van der Waals surface area contributed by atoms with Gasteiger partial charge in [-0.25, -0.2) is 9.78 Å². The Morgan fingerprint density at radius 2 is 2.03 bits per heavy atom. The number of amides is 2. The molecule has 0 unspecified atom stereocenters. The second-order valence-corrected chi connectivity index (χ2v) is 6.19. The smallest absolute Gasteiger partial charge is 0.412 e. The van der Waals surface area contributed by atoms with Gasteiger partial charge in [-0.2, -0.15) is 4.98 Å². The Morgan fingerprint density at radius 3 is 2.68 bits per heavy atom. The Labute approximate surface area is 178 Å². The average Bonchev–Trinajstić information content (AvgIpc) is 3.19. The average molecular weight is 426 g/mol. The van der Waals surface area contributed by atoms with E-state index in [1.54, 1.807) is 32.0 Å². The minimum atomic E-state index is -0.652. The van der Waals surface area contributed by atoms with Crippen LogP contribution < -0.4 is 20.7 Å². The minimum absolute atomic E-state index is 0.206. The number of aryl methyl sites for hydroxylation is 1. The fraction of sp³-hybridized carbons (Fsp3) is 0.250. The van der Waals surface area contributed by atoms with Crippen molar-refractivity contribution in [3.63, 3.8) is 0 Å². The maximum absolute atomic E-state index is 12.3. The van der Waals surface area contributed by atoms with Crippen LogP contribution in [-0.2, 0) is 4.74 Å². The van der Waals surface area contributed by atoms with E-state index in [-0.39, 0.29) is 23.9 Å². The molecule has 0 atom stereocenters. The summed E-state index contributed by atoms with van der Waals surface area (Å²) < 4.78 is 15.5. The van der Waals surface area contributed by atoms with Gasteiger partial charge in [0.15, 0.2) is 5.75 Å². The molecule has 0 aliphatic carbocycles. The Hall–Kier alpha value is -4.15. The molecule has 11 heteroatoms. The summed E-state index contributed by atoms with van der Waals surface area (Å²) in [5, 5.41) is 12.2. The Morgan fingerprint density at radius 1 is 1.23 bits per heavy atom. The molecule has 3 N–H and O–H groups in total. The third-order valence-corrected chi connectivity index (χ3v) is 4.14. The lowest BCUT2D eigenvalue weighted by atomic mass is 10.1. The molecule has 0 saturated carbocycles. The number of pyridine rings is 1. The van der Waals surface area contributed by atoms with Crippen LogP contribution in [0.15, 0.2) is 35.0 Å². The normalized spacial score (nSPS) is 10.3. The highest BCUT2D eigenvalue weighted by Crippen LogP contribution is 2.37. The van der Waals surface area contributed by atoms with Crippen LogP contribution in [-0.4, -0.2) is 47.9 Å². The number of carbonyl (C=O) groups is 2. The van der Waals surface area contributed by atoms with Crippen molar-refractivity contribution in [2.24, 2.45) is 0 Å². The molecular weight excluding hydrogens is 404 g/mol. The molecule has 2 heterocycles. The number of hydrogen-bond acceptors (Lipinski definition) is 9. The summed E-state index contributed by atoms with van der Waals surface area (Å²) >= 11 is 0. The van der Waals surface area contributed by atoms with E-state index in [9.17, 15) is 9.59 Å². The highest BCUT2D eigenvalue weighted by atomic mass is 16.5. The molecule has 3 aromatic rings. The molecule has 11 nitrogen and oxygen atoms in total. The zero-order valence-electron chi connectivity index (χ0n) is 17.5. The van der Waals surface area contributed by atoms with Crippen molar-refractivity contribution >= 4 is 29.2 Å². The molecule has 2 amide bonds. The highest BCUT2D eigenvalue weighted by Gasteiger charge is 2.19. The lowest BCUT2D eigenvalue weighted by molar-refractivity contribution is 0.0963. The number of aromatic nitrogens is 3. The van der Waals surface area contributed by atoms with Crippen LogP contribution in [0.1, 0.15) is 23.2 Å². The van der Waals surface area contributed by atoms with Crippen LogP contribution in [0.5, 0.6) is 5.75 Å². The lowest BCUT2D eigenvalue weighted by Crippen LogP contribution is -2.20. The van der Waals surface area contributed by atoms with Crippen LogP contribution in [0, 0.1) is 6.92 Å². The molecule has 0 spiro atoms. The van der Waals surface area contributed by atoms with Crippen molar-refractivity contribution in [1.82, 2.24) is 20.4 Å². The molecule has 31 heavy (non-hydrogen) atoms. The summed E-state index contributed by atoms with van der Waals surface area (Å²) in [7, 11) is 3.02. The number of carbonyl (C=O) groups excluding carboxylic acids is 2. The summed E-state index contributed by atoms with van der Waals surface area (Å²) in [5.74, 6) is 1.08. The van der Waals surface area contributed by atoms with Gasteiger partial charge >= 0.3 is 6.09 Å². The predicted octanol–water partition coefficient (Wildman–Crippen LogP) is 3.12. The first-order valence-corrected chi connectivity index (χ1v) is 9.37. The number of anilines is 3. The summed E-state index contributed by atoms with van der Waals surface area (Å²) in [6.07, 6.45) is 0.697. The maximum atomic E-state index is 12.3. The van der Waals surface area contributed by atoms with Gasteiger partial charge in [0, 0.05) is 26.2 Å². The molecule has 0 aliphatic rings. The summed E-state index contributed by atoms with van der Waals surface area (Å²) in [4.78, 5) is 32.4. The van der Waals surface area contributed by atoms with Gasteiger partial charge in [0.05, 0.1) is 36.2 Å². The first-order valence-electron chi connectivity index (χ1n) is 9.37. The fourth-order valence-corrected chi connectivity index (χ4v) is 2.80. The monoisotopic (exact) mass is 426 g/mol. The first kappa shape index (κ1) is 21.6. The van der Waals surface area contributed by atoms with E-state index in [0.717, 1.165) is 0 Å². The van der Waals surface area contributed by atoms with Crippen LogP contribution in [0.25, 0.3) is 11.4 Å². The third-order valence-electron chi connectivity index (χ3n) is 4.14. The van der Waals surface area contributed by atoms with Gasteiger partial charge in [0.25, 0.3) is 5.91 Å². The fourth-order valence-electron chi connectivity index (χ4n) is 2.80. The Bertz CT molecular complexity index is 1100. The molecule has 0 aliphatic heterocycles. The summed E-state index contributed by atoms with van der Waals surface area (Å²) in [5.41, 5.74) is 1.80. The van der Waals surface area contributed by atoms with E-state index in [1.165, 1.54) is 26.4 Å². The summed E-state index contributed by atoms with van der Waals surface area (Å²) in [6, 6.07) is 6.85. The van der Waals surface area contributed by atoms with E-state index in [0.29, 0.717) is 34.4 Å². The van der Waals surface area contributed by atoms with Gasteiger partial charge in [-0.1, -0.05) is 11.2 Å². The van der Waals surface area contributed by atoms with Crippen LogP contribution >= 0.6 is 0 Å². The quantitative estimate of drug-likeness (QED) is 0.519. The zero-order valence-corrected chi connectivity index (χ0v) is 17.5. The highest BCUT2D eigenvalue weighted by molar-refractivity contribution is 6.01. The Kier molecular flexibility index (Phi) is 6.65.